The molecule has 1 N–H and O–H groups in total. The van der Waals surface area contributed by atoms with Gasteiger partial charge in [0.1, 0.15) is 10.4 Å². The molecular formula is C15H12F2N2O2S. The number of aromatic nitrogens is 2. The van der Waals surface area contributed by atoms with Crippen molar-refractivity contribution < 1.29 is 13.9 Å². The molecular weight excluding hydrogens is 310 g/mol. The van der Waals surface area contributed by atoms with Crippen molar-refractivity contribution in [3.8, 4) is 16.9 Å². The molecule has 2 heterocycles. The van der Waals surface area contributed by atoms with Crippen molar-refractivity contribution in [3.05, 3.63) is 45.7 Å². The van der Waals surface area contributed by atoms with Gasteiger partial charge in [-0.1, -0.05) is 24.3 Å². The van der Waals surface area contributed by atoms with Crippen molar-refractivity contribution in [2.75, 3.05) is 0 Å². The van der Waals surface area contributed by atoms with Gasteiger partial charge in [0.25, 0.3) is 12.0 Å². The zero-order valence-electron chi connectivity index (χ0n) is 11.6. The van der Waals surface area contributed by atoms with Gasteiger partial charge in [-0.15, -0.1) is 11.3 Å². The van der Waals surface area contributed by atoms with E-state index in [0.29, 0.717) is 10.3 Å². The average Bonchev–Trinajstić information content (AvgIpc) is 2.95. The second kappa shape index (κ2) is 5.49. The highest BCUT2D eigenvalue weighted by molar-refractivity contribution is 7.17. The number of aromatic hydroxyl groups is 1. The Hall–Kier alpha value is -2.28. The van der Waals surface area contributed by atoms with Crippen LogP contribution in [-0.4, -0.2) is 21.1 Å². The van der Waals surface area contributed by atoms with Crippen LogP contribution < -0.4 is 5.56 Å². The fourth-order valence-electron chi connectivity index (χ4n) is 2.44. The van der Waals surface area contributed by atoms with Gasteiger partial charge in [0.2, 0.25) is 0 Å². The Bertz CT molecular complexity index is 902. The van der Waals surface area contributed by atoms with Gasteiger partial charge >= 0.3 is 0 Å². The summed E-state index contributed by atoms with van der Waals surface area (Å²) < 4.78 is 26.9. The highest BCUT2D eigenvalue weighted by Crippen LogP contribution is 2.36. The number of hydrogen-bond acceptors (Lipinski definition) is 4. The molecule has 0 unspecified atom stereocenters. The number of fused-ring (bicyclic) bond motifs is 1. The Kier molecular flexibility index (Phi) is 3.66. The number of hydrogen-bond donors (Lipinski definition) is 1. The van der Waals surface area contributed by atoms with Crippen LogP contribution in [0.3, 0.4) is 0 Å². The van der Waals surface area contributed by atoms with Crippen molar-refractivity contribution in [2.24, 2.45) is 0 Å². The second-order valence-corrected chi connectivity index (χ2v) is 5.71. The minimum absolute atomic E-state index is 0.0375. The van der Waals surface area contributed by atoms with E-state index in [9.17, 15) is 18.7 Å². The lowest BCUT2D eigenvalue weighted by Crippen LogP contribution is -2.25. The number of nitrogens with zero attached hydrogens (tertiary/aromatic N) is 2. The molecule has 0 spiro atoms. The molecule has 1 aromatic carbocycles. The zero-order valence-corrected chi connectivity index (χ0v) is 12.4. The summed E-state index contributed by atoms with van der Waals surface area (Å²) in [5.74, 6) is -0.206. The largest absolute Gasteiger partial charge is 0.505 e. The molecule has 114 valence electrons. The van der Waals surface area contributed by atoms with E-state index in [1.807, 2.05) is 0 Å². The van der Waals surface area contributed by atoms with Gasteiger partial charge in [-0.2, -0.15) is 0 Å². The van der Waals surface area contributed by atoms with E-state index in [1.54, 1.807) is 31.2 Å². The normalized spacial score (nSPS) is 11.5. The smallest absolute Gasteiger partial charge is 0.264 e. The molecule has 2 aromatic heterocycles. The first kappa shape index (κ1) is 14.6. The third-order valence-electron chi connectivity index (χ3n) is 3.45. The predicted molar refractivity (Wildman–Crippen MR) is 81.7 cm³/mol. The molecule has 0 aliphatic rings. The number of pyridine rings is 1. The third-order valence-corrected chi connectivity index (χ3v) is 4.27. The molecule has 0 saturated carbocycles. The third kappa shape index (κ3) is 2.27. The van der Waals surface area contributed by atoms with Gasteiger partial charge in [-0.25, -0.2) is 13.8 Å². The Morgan fingerprint density at radius 3 is 2.77 bits per heavy atom. The molecule has 7 heteroatoms. The van der Waals surface area contributed by atoms with E-state index >= 15 is 0 Å². The van der Waals surface area contributed by atoms with Gasteiger partial charge in [0.05, 0.1) is 17.6 Å². The highest BCUT2D eigenvalue weighted by Gasteiger charge is 2.22. The summed E-state index contributed by atoms with van der Waals surface area (Å²) in [7, 11) is 0. The maximum atomic E-state index is 12.8. The fraction of sp³-hybridized carbons (Fsp3) is 0.200. The number of aryl methyl sites for hydroxylation is 1. The fourth-order valence-corrected chi connectivity index (χ4v) is 3.18. The van der Waals surface area contributed by atoms with Gasteiger partial charge in [-0.3, -0.25) is 9.36 Å². The van der Waals surface area contributed by atoms with Crippen LogP contribution in [0, 0.1) is 6.92 Å². The van der Waals surface area contributed by atoms with Crippen molar-refractivity contribution in [1.82, 2.24) is 9.55 Å². The van der Waals surface area contributed by atoms with Crippen LogP contribution in [0.2, 0.25) is 0 Å². The Labute approximate surface area is 128 Å². The maximum Gasteiger partial charge on any atom is 0.264 e. The molecule has 0 aliphatic heterocycles. The zero-order chi connectivity index (χ0) is 15.9. The average molecular weight is 322 g/mol. The number of thiazole rings is 1. The highest BCUT2D eigenvalue weighted by atomic mass is 32.1. The Morgan fingerprint density at radius 2 is 2.09 bits per heavy atom. The van der Waals surface area contributed by atoms with Crippen molar-refractivity contribution in [3.63, 3.8) is 0 Å². The predicted octanol–water partition coefficient (Wildman–Crippen LogP) is 3.40. The molecule has 4 nitrogen and oxygen atoms in total. The number of halogens is 2. The van der Waals surface area contributed by atoms with Crippen LogP contribution in [0.4, 0.5) is 8.78 Å². The lowest BCUT2D eigenvalue weighted by Gasteiger charge is -2.13. The van der Waals surface area contributed by atoms with E-state index in [1.165, 1.54) is 5.51 Å². The van der Waals surface area contributed by atoms with Crippen LogP contribution in [0.15, 0.2) is 34.6 Å². The Morgan fingerprint density at radius 1 is 1.36 bits per heavy atom. The van der Waals surface area contributed by atoms with Gasteiger partial charge in [0.15, 0.2) is 5.65 Å². The first-order valence-electron chi connectivity index (χ1n) is 6.53. The van der Waals surface area contributed by atoms with Crippen LogP contribution >= 0.6 is 11.3 Å². The summed E-state index contributed by atoms with van der Waals surface area (Å²) in [6.07, 6.45) is -2.68. The SMILES string of the molecule is Cc1ccccc1-c1c(O)c2scnc2n(CC(F)F)c1=O. The van der Waals surface area contributed by atoms with Crippen LogP contribution in [0.25, 0.3) is 21.5 Å². The van der Waals surface area contributed by atoms with E-state index in [0.717, 1.165) is 21.5 Å². The summed E-state index contributed by atoms with van der Waals surface area (Å²) in [5.41, 5.74) is 2.20. The maximum absolute atomic E-state index is 12.8. The summed E-state index contributed by atoms with van der Waals surface area (Å²) in [4.78, 5) is 16.6. The van der Waals surface area contributed by atoms with E-state index in [4.69, 9.17) is 0 Å². The van der Waals surface area contributed by atoms with E-state index < -0.39 is 18.5 Å². The summed E-state index contributed by atoms with van der Waals surface area (Å²) in [5, 5.41) is 10.4. The van der Waals surface area contributed by atoms with Crippen LogP contribution in [0.5, 0.6) is 5.75 Å². The van der Waals surface area contributed by atoms with Gasteiger partial charge in [-0.05, 0) is 18.1 Å². The Balaban J connectivity index is 2.40. The molecule has 0 bridgehead atoms. The topological polar surface area (TPSA) is 55.1 Å². The second-order valence-electron chi connectivity index (χ2n) is 4.85. The molecule has 22 heavy (non-hydrogen) atoms. The van der Waals surface area contributed by atoms with E-state index in [2.05, 4.69) is 4.98 Å². The molecule has 0 atom stereocenters. The summed E-state index contributed by atoms with van der Waals surface area (Å²) in [6.45, 7) is 1.04. The first-order chi connectivity index (χ1) is 10.5. The molecule has 3 aromatic rings. The molecule has 0 fully saturated rings. The molecule has 3 rings (SSSR count). The molecule has 0 saturated heterocycles. The van der Waals surface area contributed by atoms with Crippen molar-refractivity contribution >= 4 is 21.7 Å². The summed E-state index contributed by atoms with van der Waals surface area (Å²) in [6, 6.07) is 7.02. The lowest BCUT2D eigenvalue weighted by molar-refractivity contribution is 0.126. The van der Waals surface area contributed by atoms with Crippen LogP contribution in [-0.2, 0) is 6.54 Å². The monoisotopic (exact) mass is 322 g/mol. The number of alkyl halides is 2. The van der Waals surface area contributed by atoms with Gasteiger partial charge < -0.3 is 5.11 Å². The van der Waals surface area contributed by atoms with E-state index in [-0.39, 0.29) is 17.0 Å². The minimum atomic E-state index is -2.68. The van der Waals surface area contributed by atoms with Crippen LogP contribution in [0.1, 0.15) is 5.56 Å². The first-order valence-corrected chi connectivity index (χ1v) is 7.41. The summed E-state index contributed by atoms with van der Waals surface area (Å²) >= 11 is 1.11. The molecule has 0 amide bonds. The number of rotatable bonds is 3. The molecule has 0 radical (unpaired) electrons. The van der Waals surface area contributed by atoms with Crippen molar-refractivity contribution in [2.45, 2.75) is 19.9 Å². The lowest BCUT2D eigenvalue weighted by atomic mass is 10.0. The number of benzene rings is 1. The van der Waals surface area contributed by atoms with Gasteiger partial charge in [0, 0.05) is 0 Å². The standard InChI is InChI=1S/C15H12F2N2O2S/c1-8-4-2-3-5-9(8)11-12(20)13-14(18-7-22-13)19(15(11)21)6-10(16)17/h2-5,7,10,20H,6H2,1H3. The molecule has 0 aliphatic carbocycles. The van der Waals surface area contributed by atoms with Crippen molar-refractivity contribution in [1.29, 1.82) is 0 Å². The quantitative estimate of drug-likeness (QED) is 0.804. The minimum Gasteiger partial charge on any atom is -0.505 e.